The number of alkyl halides is 1. The van der Waals surface area contributed by atoms with E-state index in [-0.39, 0.29) is 6.42 Å². The Morgan fingerprint density at radius 2 is 2.45 bits per heavy atom. The Kier molecular flexibility index (Phi) is 3.18. The number of halogens is 1. The van der Waals surface area contributed by atoms with Gasteiger partial charge in [0.15, 0.2) is 0 Å². The molecule has 0 aliphatic heterocycles. The predicted molar refractivity (Wildman–Crippen MR) is 49.0 cm³/mol. The van der Waals surface area contributed by atoms with E-state index in [4.69, 9.17) is 5.11 Å². The summed E-state index contributed by atoms with van der Waals surface area (Å²) in [6, 6.07) is 0. The number of carboxylic acids is 1. The van der Waals surface area contributed by atoms with Gasteiger partial charge < -0.3 is 5.11 Å². The quantitative estimate of drug-likeness (QED) is 0.667. The Labute approximate surface area is 80.9 Å². The van der Waals surface area contributed by atoms with E-state index in [0.29, 0.717) is 0 Å². The minimum atomic E-state index is -0.831. The normalized spacial score (nSPS) is 9.91. The first-order valence-electron chi connectivity index (χ1n) is 2.82. The van der Waals surface area contributed by atoms with Crippen molar-refractivity contribution in [1.82, 2.24) is 9.59 Å². The average Bonchev–Trinajstić information content (AvgIpc) is 2.34. The second-order valence-electron chi connectivity index (χ2n) is 1.85. The number of nitrogens with zero attached hydrogens (tertiary/aromatic N) is 2. The molecule has 0 saturated heterocycles. The first-order chi connectivity index (χ1) is 5.24. The van der Waals surface area contributed by atoms with Crippen LogP contribution in [0.15, 0.2) is 0 Å². The van der Waals surface area contributed by atoms with Gasteiger partial charge in [0.05, 0.1) is 17.0 Å². The first kappa shape index (κ1) is 8.85. The van der Waals surface area contributed by atoms with Gasteiger partial charge in [0, 0.05) is 4.43 Å². The van der Waals surface area contributed by atoms with Crippen molar-refractivity contribution in [2.75, 3.05) is 0 Å². The van der Waals surface area contributed by atoms with Gasteiger partial charge in [-0.1, -0.05) is 27.1 Å². The van der Waals surface area contributed by atoms with Gasteiger partial charge >= 0.3 is 5.97 Å². The third-order valence-electron chi connectivity index (χ3n) is 1.07. The molecule has 0 radical (unpaired) electrons. The number of aliphatic carboxylic acids is 1. The minimum Gasteiger partial charge on any atom is -0.481 e. The summed E-state index contributed by atoms with van der Waals surface area (Å²) in [5.74, 6) is -0.831. The lowest BCUT2D eigenvalue weighted by Crippen LogP contribution is -2.00. The summed E-state index contributed by atoms with van der Waals surface area (Å²) in [7, 11) is 0. The fourth-order valence-corrected chi connectivity index (χ4v) is 2.12. The van der Waals surface area contributed by atoms with Crippen LogP contribution in [0.5, 0.6) is 0 Å². The molecule has 1 rings (SSSR count). The molecule has 0 spiro atoms. The molecule has 0 unspecified atom stereocenters. The van der Waals surface area contributed by atoms with Gasteiger partial charge in [-0.3, -0.25) is 4.79 Å². The summed E-state index contributed by atoms with van der Waals surface area (Å²) in [6.45, 7) is 0. The van der Waals surface area contributed by atoms with Crippen molar-refractivity contribution in [2.45, 2.75) is 10.8 Å². The maximum absolute atomic E-state index is 10.3. The zero-order valence-electron chi connectivity index (χ0n) is 5.45. The van der Waals surface area contributed by atoms with E-state index in [9.17, 15) is 4.79 Å². The van der Waals surface area contributed by atoms with E-state index in [1.807, 2.05) is 0 Å². The Hall–Kier alpha value is -0.240. The van der Waals surface area contributed by atoms with Crippen LogP contribution in [0.3, 0.4) is 0 Å². The van der Waals surface area contributed by atoms with Crippen molar-refractivity contribution in [3.05, 3.63) is 10.6 Å². The Morgan fingerprint density at radius 3 is 3.00 bits per heavy atom. The van der Waals surface area contributed by atoms with Gasteiger partial charge in [-0.15, -0.1) is 5.10 Å². The molecule has 0 aliphatic rings. The minimum absolute atomic E-state index is 0.0377. The average molecular weight is 284 g/mol. The van der Waals surface area contributed by atoms with E-state index >= 15 is 0 Å². The van der Waals surface area contributed by atoms with Gasteiger partial charge in [-0.2, -0.15) is 0 Å². The molecule has 0 amide bonds. The number of carboxylic acid groups (broad SMARTS) is 1. The van der Waals surface area contributed by atoms with Gasteiger partial charge in [0.1, 0.15) is 0 Å². The molecule has 11 heavy (non-hydrogen) atoms. The van der Waals surface area contributed by atoms with Crippen LogP contribution in [0.25, 0.3) is 0 Å². The topological polar surface area (TPSA) is 63.1 Å². The number of rotatable bonds is 3. The largest absolute Gasteiger partial charge is 0.481 e. The Morgan fingerprint density at radius 1 is 1.73 bits per heavy atom. The van der Waals surface area contributed by atoms with Crippen LogP contribution in [-0.4, -0.2) is 20.7 Å². The molecule has 1 N–H and O–H groups in total. The highest BCUT2D eigenvalue weighted by molar-refractivity contribution is 14.1. The van der Waals surface area contributed by atoms with E-state index in [1.165, 1.54) is 0 Å². The molecule has 0 aromatic carbocycles. The molecule has 0 aliphatic carbocycles. The highest BCUT2D eigenvalue weighted by Crippen LogP contribution is 2.14. The molecule has 1 aromatic heterocycles. The first-order valence-corrected chi connectivity index (χ1v) is 5.11. The molecular formula is C5H5IN2O2S. The van der Waals surface area contributed by atoms with E-state index in [2.05, 4.69) is 32.2 Å². The Balaban J connectivity index is 2.76. The van der Waals surface area contributed by atoms with E-state index in [1.54, 1.807) is 0 Å². The summed E-state index contributed by atoms with van der Waals surface area (Å²) in [4.78, 5) is 11.0. The maximum Gasteiger partial charge on any atom is 0.308 e. The van der Waals surface area contributed by atoms with Crippen LogP contribution in [-0.2, 0) is 15.6 Å². The second kappa shape index (κ2) is 3.96. The van der Waals surface area contributed by atoms with Crippen molar-refractivity contribution < 1.29 is 9.90 Å². The number of aromatic nitrogens is 2. The summed E-state index contributed by atoms with van der Waals surface area (Å²) in [5, 5.41) is 12.2. The van der Waals surface area contributed by atoms with Crippen LogP contribution in [0.1, 0.15) is 10.6 Å². The summed E-state index contributed by atoms with van der Waals surface area (Å²) in [6.07, 6.45) is 0.0377. The summed E-state index contributed by atoms with van der Waals surface area (Å²) >= 11 is 3.29. The second-order valence-corrected chi connectivity index (χ2v) is 3.45. The smallest absolute Gasteiger partial charge is 0.308 e. The molecular weight excluding hydrogens is 279 g/mol. The molecule has 0 fully saturated rings. The fourth-order valence-electron chi connectivity index (χ4n) is 0.600. The van der Waals surface area contributed by atoms with E-state index in [0.717, 1.165) is 26.5 Å². The summed E-state index contributed by atoms with van der Waals surface area (Å²) in [5.41, 5.74) is 0.790. The van der Waals surface area contributed by atoms with Crippen LogP contribution in [0.2, 0.25) is 0 Å². The lowest BCUT2D eigenvalue weighted by molar-refractivity contribution is -0.136. The lowest BCUT2D eigenvalue weighted by atomic mass is 10.3. The number of hydrogen-bond acceptors (Lipinski definition) is 4. The SMILES string of the molecule is O=C(O)Cc1snnc1CI. The lowest BCUT2D eigenvalue weighted by Gasteiger charge is -1.90. The van der Waals surface area contributed by atoms with E-state index < -0.39 is 5.97 Å². The molecule has 0 saturated carbocycles. The van der Waals surface area contributed by atoms with Crippen molar-refractivity contribution in [3.8, 4) is 0 Å². The van der Waals surface area contributed by atoms with Gasteiger partial charge in [-0.25, -0.2) is 0 Å². The molecule has 6 heteroatoms. The van der Waals surface area contributed by atoms with Crippen LogP contribution < -0.4 is 0 Å². The third kappa shape index (κ3) is 2.37. The van der Waals surface area contributed by atoms with Gasteiger partial charge in [-0.05, 0) is 11.5 Å². The highest BCUT2D eigenvalue weighted by Gasteiger charge is 2.09. The number of carbonyl (C=O) groups is 1. The monoisotopic (exact) mass is 284 g/mol. The molecule has 4 nitrogen and oxygen atoms in total. The molecule has 1 heterocycles. The summed E-state index contributed by atoms with van der Waals surface area (Å²) < 4.78 is 4.39. The number of hydrogen-bond donors (Lipinski definition) is 1. The Bertz CT molecular complexity index is 263. The fraction of sp³-hybridized carbons (Fsp3) is 0.400. The van der Waals surface area contributed by atoms with Crippen LogP contribution in [0.4, 0.5) is 0 Å². The zero-order valence-corrected chi connectivity index (χ0v) is 8.42. The van der Waals surface area contributed by atoms with Crippen molar-refractivity contribution in [2.24, 2.45) is 0 Å². The zero-order chi connectivity index (χ0) is 8.27. The molecule has 0 atom stereocenters. The van der Waals surface area contributed by atoms with Crippen LogP contribution in [0, 0.1) is 0 Å². The van der Waals surface area contributed by atoms with Crippen molar-refractivity contribution in [3.63, 3.8) is 0 Å². The van der Waals surface area contributed by atoms with Crippen LogP contribution >= 0.6 is 34.1 Å². The predicted octanol–water partition coefficient (Wildman–Crippen LogP) is 1.10. The molecule has 1 aromatic rings. The van der Waals surface area contributed by atoms with Gasteiger partial charge in [0.2, 0.25) is 0 Å². The highest BCUT2D eigenvalue weighted by atomic mass is 127. The van der Waals surface area contributed by atoms with Crippen molar-refractivity contribution >= 4 is 40.1 Å². The standard InChI is InChI=1S/C5H5IN2O2S/c6-2-3-4(1-5(9)10)11-8-7-3/h1-2H2,(H,9,10). The van der Waals surface area contributed by atoms with Crippen molar-refractivity contribution in [1.29, 1.82) is 0 Å². The molecule has 60 valence electrons. The van der Waals surface area contributed by atoms with Gasteiger partial charge in [0.25, 0.3) is 0 Å². The maximum atomic E-state index is 10.3. The third-order valence-corrected chi connectivity index (χ3v) is 2.56. The molecule has 0 bridgehead atoms.